The van der Waals surface area contributed by atoms with Crippen LogP contribution in [0.25, 0.3) is 0 Å². The summed E-state index contributed by atoms with van der Waals surface area (Å²) < 4.78 is 0. The summed E-state index contributed by atoms with van der Waals surface area (Å²) in [5.41, 5.74) is 2.73. The van der Waals surface area contributed by atoms with E-state index in [0.717, 1.165) is 22.9 Å². The van der Waals surface area contributed by atoms with Crippen LogP contribution in [0, 0.1) is 0 Å². The standard InChI is InChI=1S/C12H14Cl2Si.Hf/c1-7-3-5-9(13)11(7)15-12-8(2)4-6-10(12)14;/h3-4H,5-6,15H2,1-2H3;. The molecular formula is C12H14Cl2HfSi. The molecule has 0 aromatic rings. The molecule has 0 fully saturated rings. The van der Waals surface area contributed by atoms with Gasteiger partial charge in [0.15, 0.2) is 0 Å². The van der Waals surface area contributed by atoms with Gasteiger partial charge in [0.25, 0.3) is 0 Å². The van der Waals surface area contributed by atoms with Crippen LogP contribution in [-0.2, 0) is 25.8 Å². The Morgan fingerprint density at radius 3 is 1.56 bits per heavy atom. The molecule has 0 saturated heterocycles. The van der Waals surface area contributed by atoms with Crippen molar-refractivity contribution in [2.45, 2.75) is 26.7 Å². The van der Waals surface area contributed by atoms with E-state index in [0.29, 0.717) is 0 Å². The largest absolute Gasteiger partial charge is 0.0912 e. The fourth-order valence-electron chi connectivity index (χ4n) is 2.05. The Labute approximate surface area is 128 Å². The van der Waals surface area contributed by atoms with Gasteiger partial charge >= 0.3 is 0 Å². The van der Waals surface area contributed by atoms with E-state index in [4.69, 9.17) is 23.2 Å². The first-order valence-electron chi connectivity index (χ1n) is 5.19. The van der Waals surface area contributed by atoms with Crippen LogP contribution >= 0.6 is 23.2 Å². The number of hydrogen-bond donors (Lipinski definition) is 0. The predicted octanol–water partition coefficient (Wildman–Crippen LogP) is 3.75. The third kappa shape index (κ3) is 2.90. The molecule has 0 unspecified atom stereocenters. The zero-order chi connectivity index (χ0) is 11.0. The van der Waals surface area contributed by atoms with Gasteiger partial charge in [-0.2, -0.15) is 0 Å². The van der Waals surface area contributed by atoms with Crippen molar-refractivity contribution in [3.63, 3.8) is 0 Å². The van der Waals surface area contributed by atoms with Crippen molar-refractivity contribution < 1.29 is 25.8 Å². The molecule has 2 aliphatic rings. The molecule has 0 saturated carbocycles. The zero-order valence-electron chi connectivity index (χ0n) is 9.53. The van der Waals surface area contributed by atoms with Crippen molar-refractivity contribution in [2.24, 2.45) is 0 Å². The summed E-state index contributed by atoms with van der Waals surface area (Å²) in [5, 5.41) is 4.88. The van der Waals surface area contributed by atoms with E-state index >= 15 is 0 Å². The third-order valence-electron chi connectivity index (χ3n) is 3.14. The van der Waals surface area contributed by atoms with Crippen LogP contribution in [0.5, 0.6) is 0 Å². The minimum absolute atomic E-state index is 0. The van der Waals surface area contributed by atoms with Crippen molar-refractivity contribution in [2.75, 3.05) is 0 Å². The number of rotatable bonds is 2. The summed E-state index contributed by atoms with van der Waals surface area (Å²) in [6, 6.07) is 0. The summed E-state index contributed by atoms with van der Waals surface area (Å²) in [4.78, 5) is 0. The second-order valence-electron chi connectivity index (χ2n) is 4.13. The van der Waals surface area contributed by atoms with Gasteiger partial charge in [-0.05, 0) is 24.2 Å². The normalized spacial score (nSPS) is 20.0. The smallest absolute Gasteiger partial charge is 0.0889 e. The number of halogens is 2. The van der Waals surface area contributed by atoms with Gasteiger partial charge < -0.3 is 0 Å². The van der Waals surface area contributed by atoms with Crippen molar-refractivity contribution in [3.8, 4) is 0 Å². The van der Waals surface area contributed by atoms with Crippen molar-refractivity contribution in [3.05, 3.63) is 43.8 Å². The number of allylic oxidation sites excluding steroid dienone is 8. The maximum Gasteiger partial charge on any atom is 0.0912 e. The molecule has 0 aromatic heterocycles. The second-order valence-corrected chi connectivity index (χ2v) is 6.81. The SMILES string of the molecule is CC1=CCC(Cl)=C1[SiH2]C1=C(Cl)CC=C1C.[Hf]. The van der Waals surface area contributed by atoms with Gasteiger partial charge in [-0.25, -0.2) is 0 Å². The third-order valence-corrected chi connectivity index (χ3v) is 7.02. The van der Waals surface area contributed by atoms with Gasteiger partial charge in [-0.15, -0.1) is 0 Å². The Morgan fingerprint density at radius 2 is 1.31 bits per heavy atom. The van der Waals surface area contributed by atoms with Crippen molar-refractivity contribution in [1.82, 2.24) is 0 Å². The van der Waals surface area contributed by atoms with Crippen LogP contribution in [0.3, 0.4) is 0 Å². The summed E-state index contributed by atoms with van der Waals surface area (Å²) in [6.45, 7) is 4.31. The molecule has 84 valence electrons. The maximum atomic E-state index is 6.22. The Kier molecular flexibility index (Phi) is 5.50. The van der Waals surface area contributed by atoms with Crippen molar-refractivity contribution in [1.29, 1.82) is 0 Å². The second kappa shape index (κ2) is 5.99. The molecule has 0 aromatic carbocycles. The average Bonchev–Trinajstić information content (AvgIpc) is 2.67. The van der Waals surface area contributed by atoms with Crippen LogP contribution < -0.4 is 0 Å². The molecule has 0 N–H and O–H groups in total. The van der Waals surface area contributed by atoms with Crippen LogP contribution in [0.4, 0.5) is 0 Å². The Hall–Kier alpha value is 0.627. The van der Waals surface area contributed by atoms with Crippen LogP contribution in [0.2, 0.25) is 0 Å². The first kappa shape index (κ1) is 14.7. The van der Waals surface area contributed by atoms with E-state index in [1.807, 2.05) is 0 Å². The van der Waals surface area contributed by atoms with E-state index in [1.165, 1.54) is 21.5 Å². The van der Waals surface area contributed by atoms with Gasteiger partial charge in [0.1, 0.15) is 0 Å². The first-order chi connectivity index (χ1) is 7.09. The Morgan fingerprint density at radius 1 is 0.938 bits per heavy atom. The molecule has 0 aliphatic heterocycles. The first-order valence-corrected chi connectivity index (χ1v) is 7.36. The molecule has 16 heavy (non-hydrogen) atoms. The van der Waals surface area contributed by atoms with Crippen LogP contribution in [0.1, 0.15) is 26.7 Å². The van der Waals surface area contributed by atoms with Gasteiger partial charge in [0.05, 0.1) is 9.52 Å². The van der Waals surface area contributed by atoms with Gasteiger partial charge in [-0.3, -0.25) is 0 Å². The molecule has 2 aliphatic carbocycles. The Bertz CT molecular complexity index is 390. The molecule has 0 radical (unpaired) electrons. The van der Waals surface area contributed by atoms with E-state index in [2.05, 4.69) is 26.0 Å². The fourth-order valence-corrected chi connectivity index (χ4v) is 4.78. The molecule has 0 nitrogen and oxygen atoms in total. The monoisotopic (exact) mass is 436 g/mol. The van der Waals surface area contributed by atoms with Gasteiger partial charge in [-0.1, -0.05) is 46.5 Å². The minimum Gasteiger partial charge on any atom is -0.0889 e. The molecular weight excluding hydrogens is 422 g/mol. The average molecular weight is 436 g/mol. The van der Waals surface area contributed by atoms with Crippen LogP contribution in [-0.4, -0.2) is 9.52 Å². The molecule has 0 atom stereocenters. The summed E-state index contributed by atoms with van der Waals surface area (Å²) in [5.74, 6) is 0. The van der Waals surface area contributed by atoms with E-state index < -0.39 is 9.52 Å². The molecule has 2 rings (SSSR count). The molecule has 0 bridgehead atoms. The minimum atomic E-state index is -0.467. The van der Waals surface area contributed by atoms with Gasteiger partial charge in [0.2, 0.25) is 0 Å². The Balaban J connectivity index is 0.00000128. The molecule has 0 spiro atoms. The van der Waals surface area contributed by atoms with E-state index in [-0.39, 0.29) is 25.8 Å². The van der Waals surface area contributed by atoms with E-state index in [1.54, 1.807) is 0 Å². The molecule has 0 amide bonds. The zero-order valence-corrected chi connectivity index (χ0v) is 16.1. The summed E-state index contributed by atoms with van der Waals surface area (Å²) >= 11 is 12.4. The topological polar surface area (TPSA) is 0 Å². The maximum absolute atomic E-state index is 6.22. The van der Waals surface area contributed by atoms with Crippen LogP contribution in [0.15, 0.2) is 43.8 Å². The summed E-state index contributed by atoms with van der Waals surface area (Å²) in [7, 11) is -0.467. The predicted molar refractivity (Wildman–Crippen MR) is 71.1 cm³/mol. The van der Waals surface area contributed by atoms with Crippen molar-refractivity contribution >= 4 is 32.7 Å². The van der Waals surface area contributed by atoms with E-state index in [9.17, 15) is 0 Å². The fraction of sp³-hybridized carbons (Fsp3) is 0.333. The molecule has 4 heteroatoms. The summed E-state index contributed by atoms with van der Waals surface area (Å²) in [6.07, 6.45) is 6.27. The number of hydrogen-bond acceptors (Lipinski definition) is 0. The van der Waals surface area contributed by atoms with Gasteiger partial charge in [0, 0.05) is 48.7 Å². The quantitative estimate of drug-likeness (QED) is 0.580. The molecule has 0 heterocycles.